The van der Waals surface area contributed by atoms with E-state index in [0.29, 0.717) is 0 Å². The number of carbonyl (C=O) groups excluding carboxylic acids is 1. The quantitative estimate of drug-likeness (QED) is 0.564. The molecule has 100 valence electrons. The van der Waals surface area contributed by atoms with Crippen molar-refractivity contribution in [2.45, 2.75) is 53.6 Å². The normalized spacial score (nSPS) is 17.4. The van der Waals surface area contributed by atoms with E-state index in [9.17, 15) is 4.79 Å². The van der Waals surface area contributed by atoms with Gasteiger partial charge >= 0.3 is 5.97 Å². The fourth-order valence-corrected chi connectivity index (χ4v) is 1.23. The molecule has 2 heteroatoms. The van der Waals surface area contributed by atoms with Crippen molar-refractivity contribution in [2.75, 3.05) is 0 Å². The molecular formula is C16H24O2. The molecule has 1 unspecified atom stereocenters. The summed E-state index contributed by atoms with van der Waals surface area (Å²) >= 11 is 0. The Morgan fingerprint density at radius 3 is 2.39 bits per heavy atom. The lowest BCUT2D eigenvalue weighted by atomic mass is 9.97. The maximum Gasteiger partial charge on any atom is 0.312 e. The van der Waals surface area contributed by atoms with E-state index >= 15 is 0 Å². The number of rotatable bonds is 3. The Hall–Kier alpha value is -1.23. The Morgan fingerprint density at radius 1 is 1.33 bits per heavy atom. The van der Waals surface area contributed by atoms with Crippen molar-refractivity contribution in [1.82, 2.24) is 0 Å². The first-order valence-corrected chi connectivity index (χ1v) is 6.69. The van der Waals surface area contributed by atoms with E-state index in [1.165, 1.54) is 12.8 Å². The van der Waals surface area contributed by atoms with Gasteiger partial charge in [-0.15, -0.1) is 0 Å². The Balaban J connectivity index is 2.56. The number of hydrogen-bond donors (Lipinski definition) is 0. The first kappa shape index (κ1) is 14.8. The lowest BCUT2D eigenvalue weighted by molar-refractivity contribution is -0.157. The minimum atomic E-state index is -0.474. The summed E-state index contributed by atoms with van der Waals surface area (Å²) in [6.07, 6.45) is 6.27. The molecule has 0 aliphatic heterocycles. The van der Waals surface area contributed by atoms with Crippen LogP contribution in [0.4, 0.5) is 0 Å². The van der Waals surface area contributed by atoms with Crippen LogP contribution in [-0.4, -0.2) is 12.1 Å². The Bertz CT molecular complexity index is 370. The van der Waals surface area contributed by atoms with E-state index in [1.807, 2.05) is 40.7 Å². The van der Waals surface area contributed by atoms with Crippen molar-refractivity contribution < 1.29 is 9.53 Å². The van der Waals surface area contributed by atoms with E-state index < -0.39 is 5.41 Å². The van der Waals surface area contributed by atoms with Gasteiger partial charge in [-0.2, -0.15) is 0 Å². The van der Waals surface area contributed by atoms with Crippen LogP contribution in [0, 0.1) is 29.1 Å². The second-order valence-electron chi connectivity index (χ2n) is 6.31. The van der Waals surface area contributed by atoms with Crippen molar-refractivity contribution in [3.8, 4) is 11.8 Å². The first-order chi connectivity index (χ1) is 8.30. The van der Waals surface area contributed by atoms with Gasteiger partial charge in [-0.05, 0) is 45.6 Å². The molecule has 1 aliphatic carbocycles. The molecule has 0 aromatic rings. The molecule has 0 saturated heterocycles. The highest BCUT2D eigenvalue weighted by atomic mass is 16.5. The minimum Gasteiger partial charge on any atom is -0.448 e. The highest BCUT2D eigenvalue weighted by molar-refractivity contribution is 5.75. The largest absolute Gasteiger partial charge is 0.448 e. The molecule has 2 nitrogen and oxygen atoms in total. The van der Waals surface area contributed by atoms with E-state index in [0.717, 1.165) is 5.92 Å². The summed E-state index contributed by atoms with van der Waals surface area (Å²) in [5.74, 6) is 6.76. The van der Waals surface area contributed by atoms with Crippen LogP contribution in [0.25, 0.3) is 0 Å². The predicted molar refractivity (Wildman–Crippen MR) is 73.8 cm³/mol. The number of esters is 1. The molecule has 18 heavy (non-hydrogen) atoms. The van der Waals surface area contributed by atoms with Gasteiger partial charge in [0.2, 0.25) is 0 Å². The number of hydrogen-bond acceptors (Lipinski definition) is 2. The van der Waals surface area contributed by atoms with Gasteiger partial charge in [0.05, 0.1) is 5.41 Å². The first-order valence-electron chi connectivity index (χ1n) is 6.69. The minimum absolute atomic E-state index is 0.193. The third-order valence-electron chi connectivity index (χ3n) is 2.75. The molecule has 0 aromatic carbocycles. The van der Waals surface area contributed by atoms with Crippen LogP contribution >= 0.6 is 0 Å². The van der Waals surface area contributed by atoms with E-state index in [4.69, 9.17) is 4.74 Å². The van der Waals surface area contributed by atoms with Crippen molar-refractivity contribution in [3.63, 3.8) is 0 Å². The zero-order valence-corrected chi connectivity index (χ0v) is 12.1. The number of ether oxygens (including phenoxy) is 1. The molecule has 0 spiro atoms. The molecule has 0 bridgehead atoms. The molecule has 0 heterocycles. The molecule has 1 aliphatic rings. The molecular weight excluding hydrogens is 224 g/mol. The number of carbonyl (C=O) groups is 1. The smallest absolute Gasteiger partial charge is 0.312 e. The molecule has 1 fully saturated rings. The Labute approximate surface area is 111 Å². The summed E-state index contributed by atoms with van der Waals surface area (Å²) in [5.41, 5.74) is -0.474. The van der Waals surface area contributed by atoms with Crippen LogP contribution in [0.5, 0.6) is 0 Å². The zero-order valence-electron chi connectivity index (χ0n) is 12.1. The highest BCUT2D eigenvalue weighted by Gasteiger charge is 2.26. The average molecular weight is 248 g/mol. The average Bonchev–Trinajstić information content (AvgIpc) is 3.04. The Kier molecular flexibility index (Phi) is 5.02. The van der Waals surface area contributed by atoms with Gasteiger partial charge < -0.3 is 4.74 Å². The molecule has 1 atom stereocenters. The summed E-state index contributed by atoms with van der Waals surface area (Å²) in [6, 6.07) is 0. The van der Waals surface area contributed by atoms with Crippen LogP contribution in [-0.2, 0) is 9.53 Å². The molecule has 0 N–H and O–H groups in total. The monoisotopic (exact) mass is 248 g/mol. The SMILES string of the molecule is CC(C)C(C#C/C=C/C1CC1)OC(=O)C(C)(C)C. The number of allylic oxidation sites excluding steroid dienone is 2. The maximum absolute atomic E-state index is 11.8. The van der Waals surface area contributed by atoms with Crippen LogP contribution in [0.15, 0.2) is 12.2 Å². The lowest BCUT2D eigenvalue weighted by Gasteiger charge is -2.22. The van der Waals surface area contributed by atoms with Crippen LogP contribution in [0.2, 0.25) is 0 Å². The van der Waals surface area contributed by atoms with Crippen LogP contribution in [0.3, 0.4) is 0 Å². The highest BCUT2D eigenvalue weighted by Crippen LogP contribution is 2.29. The van der Waals surface area contributed by atoms with Crippen LogP contribution < -0.4 is 0 Å². The maximum atomic E-state index is 11.8. The van der Waals surface area contributed by atoms with Crippen molar-refractivity contribution in [3.05, 3.63) is 12.2 Å². The summed E-state index contributed by atoms with van der Waals surface area (Å²) in [7, 11) is 0. The van der Waals surface area contributed by atoms with Gasteiger partial charge in [-0.1, -0.05) is 31.8 Å². The molecule has 1 rings (SSSR count). The standard InChI is InChI=1S/C16H24O2/c1-12(2)14(18-15(17)16(3,4)5)9-7-6-8-13-10-11-13/h6,8,12-14H,10-11H2,1-5H3/b8-6+. The lowest BCUT2D eigenvalue weighted by Crippen LogP contribution is -2.30. The Morgan fingerprint density at radius 2 is 1.94 bits per heavy atom. The van der Waals surface area contributed by atoms with Gasteiger partial charge in [0.1, 0.15) is 0 Å². The van der Waals surface area contributed by atoms with Crippen molar-refractivity contribution >= 4 is 5.97 Å². The van der Waals surface area contributed by atoms with Gasteiger partial charge in [-0.25, -0.2) is 0 Å². The summed E-state index contributed by atoms with van der Waals surface area (Å²) < 4.78 is 5.45. The fourth-order valence-electron chi connectivity index (χ4n) is 1.23. The van der Waals surface area contributed by atoms with Gasteiger partial charge in [0.25, 0.3) is 0 Å². The summed E-state index contributed by atoms with van der Waals surface area (Å²) in [5, 5.41) is 0. The fraction of sp³-hybridized carbons (Fsp3) is 0.688. The second kappa shape index (κ2) is 6.09. The topological polar surface area (TPSA) is 26.3 Å². The van der Waals surface area contributed by atoms with Crippen molar-refractivity contribution in [2.24, 2.45) is 17.3 Å². The van der Waals surface area contributed by atoms with Crippen LogP contribution in [0.1, 0.15) is 47.5 Å². The van der Waals surface area contributed by atoms with E-state index in [1.54, 1.807) is 0 Å². The summed E-state index contributed by atoms with van der Waals surface area (Å²) in [4.78, 5) is 11.8. The third-order valence-corrected chi connectivity index (χ3v) is 2.75. The van der Waals surface area contributed by atoms with Gasteiger partial charge in [0.15, 0.2) is 6.10 Å². The molecule has 0 aromatic heterocycles. The zero-order chi connectivity index (χ0) is 13.8. The molecule has 1 saturated carbocycles. The summed E-state index contributed by atoms with van der Waals surface area (Å²) in [6.45, 7) is 9.59. The second-order valence-corrected chi connectivity index (χ2v) is 6.31. The van der Waals surface area contributed by atoms with E-state index in [2.05, 4.69) is 17.9 Å². The molecule has 0 amide bonds. The third kappa shape index (κ3) is 5.40. The van der Waals surface area contributed by atoms with Gasteiger partial charge in [0, 0.05) is 5.92 Å². The van der Waals surface area contributed by atoms with E-state index in [-0.39, 0.29) is 18.0 Å². The molecule has 0 radical (unpaired) electrons. The van der Waals surface area contributed by atoms with Gasteiger partial charge in [-0.3, -0.25) is 4.79 Å². The van der Waals surface area contributed by atoms with Crippen molar-refractivity contribution in [1.29, 1.82) is 0 Å². The predicted octanol–water partition coefficient (Wildman–Crippen LogP) is 3.57.